The summed E-state index contributed by atoms with van der Waals surface area (Å²) in [5.74, 6) is 0.0566. The molecule has 0 atom stereocenters. The number of nitrogens with zero attached hydrogens (tertiary/aromatic N) is 3. The van der Waals surface area contributed by atoms with E-state index >= 15 is 0 Å². The van der Waals surface area contributed by atoms with Crippen LogP contribution in [0.5, 0.6) is 0 Å². The average molecular weight is 301 g/mol. The number of hydrogen-bond donors (Lipinski definition) is 1. The van der Waals surface area contributed by atoms with Gasteiger partial charge in [0.05, 0.1) is 12.3 Å². The Balaban J connectivity index is 1.96. The Morgan fingerprint density at radius 1 is 1.32 bits per heavy atom. The molecule has 1 aromatic heterocycles. The maximum atomic E-state index is 12.4. The van der Waals surface area contributed by atoms with Gasteiger partial charge in [0, 0.05) is 32.8 Å². The van der Waals surface area contributed by atoms with Crippen molar-refractivity contribution in [2.75, 3.05) is 13.2 Å². The predicted octanol–water partition coefficient (Wildman–Crippen LogP) is 1.68. The maximum Gasteiger partial charge on any atom is 0.223 e. The highest BCUT2D eigenvalue weighted by molar-refractivity contribution is 5.76. The first-order chi connectivity index (χ1) is 10.6. The molecule has 0 aliphatic carbocycles. The molecular formula is C17H23N3O2. The molecule has 0 spiro atoms. The molecule has 0 aliphatic heterocycles. The van der Waals surface area contributed by atoms with E-state index < -0.39 is 0 Å². The molecule has 0 bridgehead atoms. The van der Waals surface area contributed by atoms with Crippen molar-refractivity contribution in [3.63, 3.8) is 0 Å². The molecule has 5 heteroatoms. The van der Waals surface area contributed by atoms with Crippen molar-refractivity contribution in [1.29, 1.82) is 0 Å². The lowest BCUT2D eigenvalue weighted by Gasteiger charge is -2.22. The van der Waals surface area contributed by atoms with Gasteiger partial charge < -0.3 is 10.0 Å². The van der Waals surface area contributed by atoms with Crippen LogP contribution in [0.2, 0.25) is 0 Å². The van der Waals surface area contributed by atoms with E-state index in [1.54, 1.807) is 9.58 Å². The Morgan fingerprint density at radius 3 is 2.64 bits per heavy atom. The fraction of sp³-hybridized carbons (Fsp3) is 0.412. The molecule has 0 radical (unpaired) electrons. The van der Waals surface area contributed by atoms with Gasteiger partial charge in [-0.1, -0.05) is 30.3 Å². The number of aryl methyl sites for hydroxylation is 3. The molecule has 1 aromatic carbocycles. The summed E-state index contributed by atoms with van der Waals surface area (Å²) in [7, 11) is 1.88. The Labute approximate surface area is 131 Å². The molecular weight excluding hydrogens is 278 g/mol. The van der Waals surface area contributed by atoms with Crippen LogP contribution in [0.3, 0.4) is 0 Å². The first-order valence-corrected chi connectivity index (χ1v) is 7.52. The molecule has 22 heavy (non-hydrogen) atoms. The fourth-order valence-corrected chi connectivity index (χ4v) is 2.51. The molecule has 0 fully saturated rings. The zero-order chi connectivity index (χ0) is 15.9. The molecule has 0 saturated heterocycles. The Hall–Kier alpha value is -2.14. The zero-order valence-corrected chi connectivity index (χ0v) is 13.2. The quantitative estimate of drug-likeness (QED) is 0.846. The monoisotopic (exact) mass is 301 g/mol. The third kappa shape index (κ3) is 4.43. The highest BCUT2D eigenvalue weighted by atomic mass is 16.3. The smallest absolute Gasteiger partial charge is 0.223 e. The van der Waals surface area contributed by atoms with E-state index in [0.29, 0.717) is 25.9 Å². The number of aromatic nitrogens is 2. The summed E-state index contributed by atoms with van der Waals surface area (Å²) in [4.78, 5) is 14.1. The second kappa shape index (κ2) is 7.75. The molecule has 1 N–H and O–H groups in total. The topological polar surface area (TPSA) is 58.4 Å². The van der Waals surface area contributed by atoms with Crippen LogP contribution >= 0.6 is 0 Å². The van der Waals surface area contributed by atoms with E-state index in [4.69, 9.17) is 0 Å². The van der Waals surface area contributed by atoms with Gasteiger partial charge >= 0.3 is 0 Å². The van der Waals surface area contributed by atoms with Crippen LogP contribution in [0.25, 0.3) is 0 Å². The van der Waals surface area contributed by atoms with E-state index in [-0.39, 0.29) is 12.5 Å². The lowest BCUT2D eigenvalue weighted by molar-refractivity contribution is -0.132. The number of hydrogen-bond acceptors (Lipinski definition) is 3. The minimum absolute atomic E-state index is 0.0233. The molecule has 118 valence electrons. The van der Waals surface area contributed by atoms with E-state index in [2.05, 4.69) is 5.10 Å². The second-order valence-electron chi connectivity index (χ2n) is 5.44. The standard InChI is InChI=1S/C17H23N3O2/c1-14-16(13-19(2)18-14)8-9-17(22)20(10-11-21)12-15-6-4-3-5-7-15/h3-7,13,21H,8-12H2,1-2H3. The number of rotatable bonds is 7. The van der Waals surface area contributed by atoms with Crippen molar-refractivity contribution < 1.29 is 9.90 Å². The van der Waals surface area contributed by atoms with E-state index in [1.165, 1.54) is 0 Å². The van der Waals surface area contributed by atoms with Gasteiger partial charge in [-0.3, -0.25) is 9.48 Å². The summed E-state index contributed by atoms with van der Waals surface area (Å²) in [6.07, 6.45) is 3.06. The van der Waals surface area contributed by atoms with E-state index in [1.807, 2.05) is 50.5 Å². The second-order valence-corrected chi connectivity index (χ2v) is 5.44. The molecule has 1 amide bonds. The summed E-state index contributed by atoms with van der Waals surface area (Å²) in [6, 6.07) is 9.84. The van der Waals surface area contributed by atoms with Crippen LogP contribution in [0.4, 0.5) is 0 Å². The third-order valence-electron chi connectivity index (χ3n) is 3.66. The molecule has 0 unspecified atom stereocenters. The average Bonchev–Trinajstić information content (AvgIpc) is 2.83. The van der Waals surface area contributed by atoms with Gasteiger partial charge in [0.2, 0.25) is 5.91 Å². The van der Waals surface area contributed by atoms with Crippen LogP contribution in [-0.2, 0) is 24.8 Å². The number of carbonyl (C=O) groups is 1. The minimum atomic E-state index is -0.0233. The van der Waals surface area contributed by atoms with Gasteiger partial charge in [0.1, 0.15) is 0 Å². The van der Waals surface area contributed by atoms with Crippen LogP contribution in [0, 0.1) is 6.92 Å². The van der Waals surface area contributed by atoms with Crippen molar-refractivity contribution in [3.05, 3.63) is 53.3 Å². The maximum absolute atomic E-state index is 12.4. The minimum Gasteiger partial charge on any atom is -0.395 e. The van der Waals surface area contributed by atoms with Crippen LogP contribution in [0.1, 0.15) is 23.2 Å². The number of benzene rings is 1. The van der Waals surface area contributed by atoms with Crippen LogP contribution in [-0.4, -0.2) is 38.8 Å². The van der Waals surface area contributed by atoms with Crippen molar-refractivity contribution in [3.8, 4) is 0 Å². The molecule has 2 aromatic rings. The predicted molar refractivity (Wildman–Crippen MR) is 85.2 cm³/mol. The van der Waals surface area contributed by atoms with Crippen molar-refractivity contribution >= 4 is 5.91 Å². The number of carbonyl (C=O) groups excluding carboxylic acids is 1. The van der Waals surface area contributed by atoms with Gasteiger partial charge in [-0.2, -0.15) is 5.10 Å². The molecule has 5 nitrogen and oxygen atoms in total. The normalized spacial score (nSPS) is 10.7. The Morgan fingerprint density at radius 2 is 2.05 bits per heavy atom. The van der Waals surface area contributed by atoms with Gasteiger partial charge in [-0.15, -0.1) is 0 Å². The van der Waals surface area contributed by atoms with Crippen LogP contribution in [0.15, 0.2) is 36.5 Å². The van der Waals surface area contributed by atoms with Gasteiger partial charge in [-0.25, -0.2) is 0 Å². The summed E-state index contributed by atoms with van der Waals surface area (Å²) < 4.78 is 1.77. The van der Waals surface area contributed by atoms with Gasteiger partial charge in [0.15, 0.2) is 0 Å². The molecule has 2 rings (SSSR count). The highest BCUT2D eigenvalue weighted by Gasteiger charge is 2.14. The van der Waals surface area contributed by atoms with Crippen molar-refractivity contribution in [2.24, 2.45) is 7.05 Å². The Kier molecular flexibility index (Phi) is 5.72. The van der Waals surface area contributed by atoms with E-state index in [9.17, 15) is 9.90 Å². The lowest BCUT2D eigenvalue weighted by Crippen LogP contribution is -2.33. The summed E-state index contributed by atoms with van der Waals surface area (Å²) >= 11 is 0. The van der Waals surface area contributed by atoms with Crippen LogP contribution < -0.4 is 0 Å². The molecule has 0 aliphatic rings. The number of aliphatic hydroxyl groups is 1. The Bertz CT molecular complexity index is 608. The summed E-state index contributed by atoms with van der Waals surface area (Å²) in [5, 5.41) is 13.5. The largest absolute Gasteiger partial charge is 0.395 e. The van der Waals surface area contributed by atoms with Gasteiger partial charge in [0.25, 0.3) is 0 Å². The zero-order valence-electron chi connectivity index (χ0n) is 13.2. The first kappa shape index (κ1) is 16.2. The van der Waals surface area contributed by atoms with Crippen molar-refractivity contribution in [1.82, 2.24) is 14.7 Å². The summed E-state index contributed by atoms with van der Waals surface area (Å²) in [6.45, 7) is 2.83. The number of aliphatic hydroxyl groups excluding tert-OH is 1. The molecule has 1 heterocycles. The highest BCUT2D eigenvalue weighted by Crippen LogP contribution is 2.11. The third-order valence-corrected chi connectivity index (χ3v) is 3.66. The number of amides is 1. The summed E-state index contributed by atoms with van der Waals surface area (Å²) in [5.41, 5.74) is 3.13. The van der Waals surface area contributed by atoms with Crippen molar-refractivity contribution in [2.45, 2.75) is 26.3 Å². The fourth-order valence-electron chi connectivity index (χ4n) is 2.51. The first-order valence-electron chi connectivity index (χ1n) is 7.52. The van der Waals surface area contributed by atoms with Gasteiger partial charge in [-0.05, 0) is 24.5 Å². The lowest BCUT2D eigenvalue weighted by atomic mass is 10.1. The SMILES string of the molecule is Cc1nn(C)cc1CCC(=O)N(CCO)Cc1ccccc1. The van der Waals surface area contributed by atoms with E-state index in [0.717, 1.165) is 16.8 Å². The molecule has 0 saturated carbocycles.